The number of rotatable bonds is 5. The average molecular weight is 194 g/mol. The Labute approximate surface area is 85.5 Å². The van der Waals surface area contributed by atoms with Gasteiger partial charge in [-0.3, -0.25) is 0 Å². The smallest absolute Gasteiger partial charge is 0.160 e. The number of methoxy groups -OCH3 is 1. The van der Waals surface area contributed by atoms with E-state index in [1.54, 1.807) is 13.2 Å². The van der Waals surface area contributed by atoms with Crippen LogP contribution in [0.5, 0.6) is 11.5 Å². The molecule has 1 aromatic carbocycles. The first-order valence-electron chi connectivity index (χ1n) is 5.14. The van der Waals surface area contributed by atoms with Crippen LogP contribution in [0.4, 0.5) is 0 Å². The van der Waals surface area contributed by atoms with Crippen molar-refractivity contribution in [2.45, 2.75) is 32.6 Å². The van der Waals surface area contributed by atoms with Crippen LogP contribution in [0.15, 0.2) is 18.2 Å². The molecule has 0 unspecified atom stereocenters. The van der Waals surface area contributed by atoms with E-state index in [0.717, 1.165) is 18.4 Å². The zero-order chi connectivity index (χ0) is 10.4. The van der Waals surface area contributed by atoms with Crippen molar-refractivity contribution in [3.05, 3.63) is 23.8 Å². The zero-order valence-electron chi connectivity index (χ0n) is 8.92. The van der Waals surface area contributed by atoms with Gasteiger partial charge in [0.25, 0.3) is 0 Å². The van der Waals surface area contributed by atoms with Crippen LogP contribution in [0.2, 0.25) is 0 Å². The molecule has 0 amide bonds. The molecule has 1 aromatic rings. The Balaban J connectivity index is 2.66. The monoisotopic (exact) mass is 194 g/mol. The van der Waals surface area contributed by atoms with E-state index in [0.29, 0.717) is 11.5 Å². The highest BCUT2D eigenvalue weighted by molar-refractivity contribution is 5.45. The lowest BCUT2D eigenvalue weighted by Crippen LogP contribution is -1.90. The molecule has 0 saturated heterocycles. The number of aryl methyl sites for hydroxylation is 1. The van der Waals surface area contributed by atoms with Crippen molar-refractivity contribution >= 4 is 0 Å². The molecule has 0 aromatic heterocycles. The fourth-order valence-electron chi connectivity index (χ4n) is 1.50. The van der Waals surface area contributed by atoms with Crippen molar-refractivity contribution in [3.63, 3.8) is 0 Å². The molecule has 0 fully saturated rings. The molecule has 0 aliphatic carbocycles. The van der Waals surface area contributed by atoms with Gasteiger partial charge in [-0.25, -0.2) is 0 Å². The number of hydrogen-bond donors (Lipinski definition) is 1. The summed E-state index contributed by atoms with van der Waals surface area (Å²) in [5, 5.41) is 9.76. The molecule has 0 atom stereocenters. The highest BCUT2D eigenvalue weighted by Crippen LogP contribution is 2.30. The Hall–Kier alpha value is -1.18. The minimum absolute atomic E-state index is 0.297. The summed E-state index contributed by atoms with van der Waals surface area (Å²) in [6.45, 7) is 2.17. The molecule has 2 nitrogen and oxygen atoms in total. The largest absolute Gasteiger partial charge is 0.504 e. The Morgan fingerprint density at radius 3 is 2.71 bits per heavy atom. The number of benzene rings is 1. The predicted octanol–water partition coefficient (Wildman–Crippen LogP) is 3.13. The van der Waals surface area contributed by atoms with Gasteiger partial charge < -0.3 is 9.84 Å². The maximum Gasteiger partial charge on any atom is 0.160 e. The number of hydrogen-bond acceptors (Lipinski definition) is 2. The quantitative estimate of drug-likeness (QED) is 0.730. The van der Waals surface area contributed by atoms with Crippen molar-refractivity contribution in [3.8, 4) is 11.5 Å². The van der Waals surface area contributed by atoms with Crippen LogP contribution in [-0.4, -0.2) is 12.2 Å². The molecule has 0 heterocycles. The van der Waals surface area contributed by atoms with Gasteiger partial charge in [0.2, 0.25) is 0 Å². The lowest BCUT2D eigenvalue weighted by molar-refractivity contribution is 0.370. The minimum Gasteiger partial charge on any atom is -0.504 e. The van der Waals surface area contributed by atoms with Crippen molar-refractivity contribution in [1.29, 1.82) is 0 Å². The lowest BCUT2D eigenvalue weighted by atomic mass is 10.1. The predicted molar refractivity (Wildman–Crippen MR) is 57.9 cm³/mol. The van der Waals surface area contributed by atoms with Crippen LogP contribution in [-0.2, 0) is 6.42 Å². The highest BCUT2D eigenvalue weighted by atomic mass is 16.5. The molecular formula is C12H18O2. The van der Waals surface area contributed by atoms with Gasteiger partial charge in [0, 0.05) is 0 Å². The third-order valence-corrected chi connectivity index (χ3v) is 2.35. The van der Waals surface area contributed by atoms with Crippen LogP contribution in [0.25, 0.3) is 0 Å². The first-order valence-corrected chi connectivity index (χ1v) is 5.14. The van der Waals surface area contributed by atoms with E-state index >= 15 is 0 Å². The van der Waals surface area contributed by atoms with Gasteiger partial charge in [-0.05, 0) is 24.5 Å². The van der Waals surface area contributed by atoms with Crippen LogP contribution >= 0.6 is 0 Å². The first kappa shape index (κ1) is 10.9. The molecule has 0 radical (unpaired) electrons. The van der Waals surface area contributed by atoms with Crippen LogP contribution in [0.3, 0.4) is 0 Å². The van der Waals surface area contributed by atoms with Crippen molar-refractivity contribution < 1.29 is 9.84 Å². The second kappa shape index (κ2) is 5.53. The number of ether oxygens (including phenoxy) is 1. The minimum atomic E-state index is 0.297. The molecule has 0 spiro atoms. The summed E-state index contributed by atoms with van der Waals surface area (Å²) in [7, 11) is 1.57. The van der Waals surface area contributed by atoms with Crippen LogP contribution in [0.1, 0.15) is 31.7 Å². The van der Waals surface area contributed by atoms with Gasteiger partial charge in [-0.1, -0.05) is 31.9 Å². The van der Waals surface area contributed by atoms with E-state index in [4.69, 9.17) is 4.74 Å². The number of aromatic hydroxyl groups is 1. The Bertz CT molecular complexity index is 282. The molecule has 14 heavy (non-hydrogen) atoms. The number of phenolic OH excluding ortho intramolecular Hbond substituents is 1. The summed E-state index contributed by atoms with van der Waals surface area (Å²) in [6.07, 6.45) is 4.45. The van der Waals surface area contributed by atoms with Crippen molar-refractivity contribution in [2.24, 2.45) is 0 Å². The third-order valence-electron chi connectivity index (χ3n) is 2.35. The summed E-state index contributed by atoms with van der Waals surface area (Å²) >= 11 is 0. The molecule has 0 bridgehead atoms. The van der Waals surface area contributed by atoms with Crippen molar-refractivity contribution in [1.82, 2.24) is 0 Å². The molecule has 1 rings (SSSR count). The molecule has 1 N–H and O–H groups in total. The number of phenols is 1. The van der Waals surface area contributed by atoms with Gasteiger partial charge >= 0.3 is 0 Å². The molecule has 78 valence electrons. The molecule has 2 heteroatoms. The maximum absolute atomic E-state index is 9.76. The third kappa shape index (κ3) is 2.66. The number of unbranched alkanes of at least 4 members (excludes halogenated alkanes) is 2. The van der Waals surface area contributed by atoms with E-state index in [2.05, 4.69) is 6.92 Å². The zero-order valence-corrected chi connectivity index (χ0v) is 8.92. The van der Waals surface area contributed by atoms with Crippen LogP contribution in [0, 0.1) is 0 Å². The summed E-state index contributed by atoms with van der Waals surface area (Å²) in [5.41, 5.74) is 0.984. The summed E-state index contributed by atoms with van der Waals surface area (Å²) in [4.78, 5) is 0. The molecule has 0 aliphatic heterocycles. The standard InChI is InChI=1S/C12H18O2/c1-3-4-5-7-10-8-6-9-11(14-2)12(10)13/h6,8-9,13H,3-5,7H2,1-2H3. The SMILES string of the molecule is CCCCCc1cccc(OC)c1O. The second-order valence-corrected chi connectivity index (χ2v) is 3.43. The van der Waals surface area contributed by atoms with E-state index in [1.165, 1.54) is 12.8 Å². The van der Waals surface area contributed by atoms with Crippen LogP contribution < -0.4 is 4.74 Å². The Morgan fingerprint density at radius 1 is 1.29 bits per heavy atom. The highest BCUT2D eigenvalue weighted by Gasteiger charge is 2.05. The summed E-state index contributed by atoms with van der Waals surface area (Å²) < 4.78 is 5.04. The fraction of sp³-hybridized carbons (Fsp3) is 0.500. The summed E-state index contributed by atoms with van der Waals surface area (Å²) in [5.74, 6) is 0.866. The Kier molecular flexibility index (Phi) is 4.30. The Morgan fingerprint density at radius 2 is 2.07 bits per heavy atom. The molecular weight excluding hydrogens is 176 g/mol. The van der Waals surface area contributed by atoms with Gasteiger partial charge in [0.15, 0.2) is 11.5 Å². The average Bonchev–Trinajstić information content (AvgIpc) is 2.21. The summed E-state index contributed by atoms with van der Waals surface area (Å²) in [6, 6.07) is 5.64. The lowest BCUT2D eigenvalue weighted by Gasteiger charge is -2.07. The normalized spacial score (nSPS) is 10.1. The van der Waals surface area contributed by atoms with E-state index < -0.39 is 0 Å². The van der Waals surface area contributed by atoms with E-state index in [-0.39, 0.29) is 0 Å². The maximum atomic E-state index is 9.76. The van der Waals surface area contributed by atoms with Gasteiger partial charge in [0.1, 0.15) is 0 Å². The molecule has 0 aliphatic rings. The first-order chi connectivity index (χ1) is 6.79. The van der Waals surface area contributed by atoms with Gasteiger partial charge in [-0.2, -0.15) is 0 Å². The van der Waals surface area contributed by atoms with E-state index in [1.807, 2.05) is 12.1 Å². The second-order valence-electron chi connectivity index (χ2n) is 3.43. The van der Waals surface area contributed by atoms with Gasteiger partial charge in [-0.15, -0.1) is 0 Å². The van der Waals surface area contributed by atoms with E-state index in [9.17, 15) is 5.11 Å². The topological polar surface area (TPSA) is 29.5 Å². The fourth-order valence-corrected chi connectivity index (χ4v) is 1.50. The van der Waals surface area contributed by atoms with Gasteiger partial charge in [0.05, 0.1) is 7.11 Å². The molecule has 0 saturated carbocycles. The van der Waals surface area contributed by atoms with Crippen molar-refractivity contribution in [2.75, 3.05) is 7.11 Å². The number of para-hydroxylation sites is 1.